The Kier molecular flexibility index (Phi) is 6.80. The zero-order valence-electron chi connectivity index (χ0n) is 18.2. The number of hydrogen-bond donors (Lipinski definition) is 1. The van der Waals surface area contributed by atoms with Crippen molar-refractivity contribution in [2.45, 2.75) is 58.0 Å². The highest BCUT2D eigenvalue weighted by atomic mass is 35.5. The maximum Gasteiger partial charge on any atom is 0.317 e. The summed E-state index contributed by atoms with van der Waals surface area (Å²) in [6, 6.07) is 7.92. The molecule has 7 nitrogen and oxygen atoms in total. The third-order valence-electron chi connectivity index (χ3n) is 6.07. The molecule has 1 aliphatic heterocycles. The van der Waals surface area contributed by atoms with Crippen LogP contribution in [-0.4, -0.2) is 52.6 Å². The molecule has 166 valence electrons. The highest BCUT2D eigenvalue weighted by Crippen LogP contribution is 2.30. The summed E-state index contributed by atoms with van der Waals surface area (Å²) in [5.74, 6) is 1.81. The number of halogens is 1. The van der Waals surface area contributed by atoms with Gasteiger partial charge in [0.15, 0.2) is 0 Å². The molecule has 31 heavy (non-hydrogen) atoms. The lowest BCUT2D eigenvalue weighted by Crippen LogP contribution is -2.58. The predicted molar refractivity (Wildman–Crippen MR) is 122 cm³/mol. The van der Waals surface area contributed by atoms with Gasteiger partial charge in [0.1, 0.15) is 17.9 Å². The summed E-state index contributed by atoms with van der Waals surface area (Å²) < 4.78 is 5.91. The Balaban J connectivity index is 1.38. The lowest BCUT2D eigenvalue weighted by Gasteiger charge is -2.41. The van der Waals surface area contributed by atoms with Crippen LogP contribution in [-0.2, 0) is 0 Å². The van der Waals surface area contributed by atoms with Crippen molar-refractivity contribution in [2.24, 2.45) is 0 Å². The Bertz CT molecular complexity index is 919. The van der Waals surface area contributed by atoms with Crippen LogP contribution in [0.3, 0.4) is 0 Å². The average Bonchev–Trinajstić information content (AvgIpc) is 2.77. The van der Waals surface area contributed by atoms with E-state index < -0.39 is 0 Å². The third kappa shape index (κ3) is 5.39. The largest absolute Gasteiger partial charge is 0.437 e. The number of nitrogens with zero attached hydrogens (tertiary/aromatic N) is 4. The molecular formula is C23H30ClN5O2. The Morgan fingerprint density at radius 1 is 1.16 bits per heavy atom. The van der Waals surface area contributed by atoms with E-state index >= 15 is 0 Å². The zero-order valence-corrected chi connectivity index (χ0v) is 18.9. The number of aryl methyl sites for hydroxylation is 1. The van der Waals surface area contributed by atoms with Crippen LogP contribution >= 0.6 is 11.6 Å². The summed E-state index contributed by atoms with van der Waals surface area (Å²) in [5, 5.41) is 3.77. The molecule has 1 aliphatic carbocycles. The third-order valence-corrected chi connectivity index (χ3v) is 6.39. The van der Waals surface area contributed by atoms with Gasteiger partial charge in [-0.3, -0.25) is 0 Å². The minimum absolute atomic E-state index is 0.0554. The summed E-state index contributed by atoms with van der Waals surface area (Å²) in [6.07, 6.45) is 7.38. The van der Waals surface area contributed by atoms with Crippen molar-refractivity contribution in [3.8, 4) is 11.6 Å². The fraction of sp³-hybridized carbons (Fsp3) is 0.522. The van der Waals surface area contributed by atoms with E-state index in [0.29, 0.717) is 42.3 Å². The van der Waals surface area contributed by atoms with Crippen LogP contribution < -0.4 is 15.0 Å². The Morgan fingerprint density at radius 2 is 1.97 bits per heavy atom. The van der Waals surface area contributed by atoms with Gasteiger partial charge < -0.3 is 19.9 Å². The first kappa shape index (κ1) is 21.7. The quantitative estimate of drug-likeness (QED) is 0.736. The van der Waals surface area contributed by atoms with Crippen molar-refractivity contribution in [3.05, 3.63) is 41.2 Å². The number of ether oxygens (including phenoxy) is 1. The van der Waals surface area contributed by atoms with Gasteiger partial charge in [0.25, 0.3) is 0 Å². The van der Waals surface area contributed by atoms with Crippen LogP contribution in [0.2, 0.25) is 5.02 Å². The standard InChI is InChI=1S/C23H30ClN5O2/c1-16-8-9-19(24)20(12-16)31-22-13-21(25-15-26-22)28-10-11-29(17(2)14-28)23(30)27-18-6-4-3-5-7-18/h8-9,12-13,15,17-18H,3-7,10-11,14H2,1-2H3,(H,27,30)/t17-/m0/s1. The number of piperazine rings is 1. The molecule has 1 saturated heterocycles. The van der Waals surface area contributed by atoms with E-state index in [-0.39, 0.29) is 12.1 Å². The first-order chi connectivity index (χ1) is 15.0. The number of nitrogens with one attached hydrogen (secondary N) is 1. The summed E-state index contributed by atoms with van der Waals surface area (Å²) in [4.78, 5) is 25.5. The summed E-state index contributed by atoms with van der Waals surface area (Å²) in [6.45, 7) is 6.14. The molecule has 0 bridgehead atoms. The molecule has 2 amide bonds. The Hall–Kier alpha value is -2.54. The van der Waals surface area contributed by atoms with E-state index in [0.717, 1.165) is 24.2 Å². The molecule has 8 heteroatoms. The van der Waals surface area contributed by atoms with Crippen molar-refractivity contribution in [1.82, 2.24) is 20.2 Å². The monoisotopic (exact) mass is 443 g/mol. The zero-order chi connectivity index (χ0) is 21.8. The fourth-order valence-electron chi connectivity index (χ4n) is 4.33. The molecule has 4 rings (SSSR count). The maximum atomic E-state index is 12.8. The number of urea groups is 1. The number of carbonyl (C=O) groups excluding carboxylic acids is 1. The normalized spacial score (nSPS) is 19.9. The van der Waals surface area contributed by atoms with Gasteiger partial charge >= 0.3 is 6.03 Å². The number of aromatic nitrogens is 2. The smallest absolute Gasteiger partial charge is 0.317 e. The number of hydrogen-bond acceptors (Lipinski definition) is 5. The molecule has 1 aromatic heterocycles. The first-order valence-corrected chi connectivity index (χ1v) is 11.5. The SMILES string of the molecule is Cc1ccc(Cl)c(Oc2cc(N3CCN(C(=O)NC4CCCCC4)[C@@H](C)C3)ncn2)c1. The first-order valence-electron chi connectivity index (χ1n) is 11.1. The Morgan fingerprint density at radius 3 is 2.74 bits per heavy atom. The minimum Gasteiger partial charge on any atom is -0.437 e. The summed E-state index contributed by atoms with van der Waals surface area (Å²) in [5.41, 5.74) is 1.06. The second-order valence-electron chi connectivity index (χ2n) is 8.52. The highest BCUT2D eigenvalue weighted by molar-refractivity contribution is 6.32. The second-order valence-corrected chi connectivity index (χ2v) is 8.93. The molecule has 1 aromatic carbocycles. The van der Waals surface area contributed by atoms with Gasteiger partial charge in [-0.2, -0.15) is 0 Å². The van der Waals surface area contributed by atoms with Gasteiger partial charge in [-0.1, -0.05) is 36.9 Å². The fourth-order valence-corrected chi connectivity index (χ4v) is 4.49. The number of rotatable bonds is 4. The van der Waals surface area contributed by atoms with E-state index in [9.17, 15) is 4.79 Å². The van der Waals surface area contributed by atoms with E-state index in [4.69, 9.17) is 16.3 Å². The van der Waals surface area contributed by atoms with E-state index in [1.54, 1.807) is 0 Å². The van der Waals surface area contributed by atoms with Crippen molar-refractivity contribution >= 4 is 23.4 Å². The van der Waals surface area contributed by atoms with Gasteiger partial charge in [0.05, 0.1) is 5.02 Å². The molecular weight excluding hydrogens is 414 g/mol. The van der Waals surface area contributed by atoms with Crippen LogP contribution in [0.25, 0.3) is 0 Å². The van der Waals surface area contributed by atoms with Crippen LogP contribution in [0.4, 0.5) is 10.6 Å². The molecule has 2 heterocycles. The number of benzene rings is 1. The van der Waals surface area contributed by atoms with Crippen LogP contribution in [0, 0.1) is 6.92 Å². The van der Waals surface area contributed by atoms with Crippen molar-refractivity contribution < 1.29 is 9.53 Å². The van der Waals surface area contributed by atoms with Gasteiger partial charge in [-0.05, 0) is 44.4 Å². The van der Waals surface area contributed by atoms with Crippen LogP contribution in [0.1, 0.15) is 44.6 Å². The van der Waals surface area contributed by atoms with Crippen molar-refractivity contribution in [1.29, 1.82) is 0 Å². The van der Waals surface area contributed by atoms with Crippen molar-refractivity contribution in [3.63, 3.8) is 0 Å². The molecule has 1 saturated carbocycles. The summed E-state index contributed by atoms with van der Waals surface area (Å²) in [7, 11) is 0. The van der Waals surface area contributed by atoms with Gasteiger partial charge in [0, 0.05) is 37.8 Å². The van der Waals surface area contributed by atoms with E-state index in [2.05, 4.69) is 27.1 Å². The highest BCUT2D eigenvalue weighted by Gasteiger charge is 2.29. The van der Waals surface area contributed by atoms with Gasteiger partial charge in [-0.25, -0.2) is 14.8 Å². The molecule has 2 aliphatic rings. The lowest BCUT2D eigenvalue weighted by atomic mass is 9.96. The number of anilines is 1. The predicted octanol–water partition coefficient (Wildman–Crippen LogP) is 4.78. The van der Waals surface area contributed by atoms with Gasteiger partial charge in [-0.15, -0.1) is 0 Å². The number of carbonyl (C=O) groups is 1. The molecule has 1 N–H and O–H groups in total. The number of amides is 2. The molecule has 0 radical (unpaired) electrons. The molecule has 0 unspecified atom stereocenters. The van der Waals surface area contributed by atoms with E-state index in [1.807, 2.05) is 36.1 Å². The molecule has 2 aromatic rings. The van der Waals surface area contributed by atoms with Gasteiger partial charge in [0.2, 0.25) is 5.88 Å². The van der Waals surface area contributed by atoms with Crippen LogP contribution in [0.5, 0.6) is 11.6 Å². The summed E-state index contributed by atoms with van der Waals surface area (Å²) >= 11 is 6.25. The topological polar surface area (TPSA) is 70.6 Å². The molecule has 1 atom stereocenters. The second kappa shape index (κ2) is 9.73. The lowest BCUT2D eigenvalue weighted by molar-refractivity contribution is 0.165. The average molecular weight is 444 g/mol. The molecule has 0 spiro atoms. The van der Waals surface area contributed by atoms with Crippen molar-refractivity contribution in [2.75, 3.05) is 24.5 Å². The van der Waals surface area contributed by atoms with E-state index in [1.165, 1.54) is 25.6 Å². The molecule has 2 fully saturated rings. The Labute approximate surface area is 188 Å². The minimum atomic E-state index is 0.0554. The van der Waals surface area contributed by atoms with Crippen LogP contribution in [0.15, 0.2) is 30.6 Å². The maximum absolute atomic E-state index is 12.8.